The van der Waals surface area contributed by atoms with Crippen LogP contribution in [0.5, 0.6) is 0 Å². The molecule has 0 aromatic rings. The van der Waals surface area contributed by atoms with Gasteiger partial charge in [0.15, 0.2) is 0 Å². The van der Waals surface area contributed by atoms with E-state index in [4.69, 9.17) is 11.5 Å². The standard InChI is InChI=1S/C14H24N2/c15-13-10-3-2-9(6-10)12(13)14(16)7-8-1-4-11(14)5-8/h8-13H,1-7,15-16H2. The van der Waals surface area contributed by atoms with Crippen molar-refractivity contribution < 1.29 is 0 Å². The number of rotatable bonds is 1. The van der Waals surface area contributed by atoms with Crippen LogP contribution >= 0.6 is 0 Å². The Labute approximate surface area is 98.1 Å². The van der Waals surface area contributed by atoms with E-state index in [1.54, 1.807) is 0 Å². The molecule has 4 aliphatic rings. The van der Waals surface area contributed by atoms with E-state index in [0.29, 0.717) is 12.0 Å². The normalized spacial score (nSPS) is 63.4. The maximum absolute atomic E-state index is 6.85. The summed E-state index contributed by atoms with van der Waals surface area (Å²) >= 11 is 0. The molecule has 90 valence electrons. The zero-order chi connectivity index (χ0) is 10.9. The largest absolute Gasteiger partial charge is 0.327 e. The maximum atomic E-state index is 6.85. The molecule has 0 heterocycles. The van der Waals surface area contributed by atoms with Gasteiger partial charge in [0.25, 0.3) is 0 Å². The molecule has 0 saturated heterocycles. The van der Waals surface area contributed by atoms with Gasteiger partial charge in [-0.3, -0.25) is 0 Å². The van der Waals surface area contributed by atoms with Gasteiger partial charge in [-0.05, 0) is 68.1 Å². The van der Waals surface area contributed by atoms with E-state index in [0.717, 1.165) is 23.7 Å². The molecule has 4 fully saturated rings. The molecule has 0 aromatic carbocycles. The summed E-state index contributed by atoms with van der Waals surface area (Å²) < 4.78 is 0. The fourth-order valence-corrected chi connectivity index (χ4v) is 5.96. The topological polar surface area (TPSA) is 52.0 Å². The van der Waals surface area contributed by atoms with Gasteiger partial charge < -0.3 is 11.5 Å². The third kappa shape index (κ3) is 1.06. The maximum Gasteiger partial charge on any atom is 0.0231 e. The van der Waals surface area contributed by atoms with Crippen molar-refractivity contribution in [3.8, 4) is 0 Å². The molecule has 0 aliphatic heterocycles. The zero-order valence-electron chi connectivity index (χ0n) is 10.1. The first-order valence-electron chi connectivity index (χ1n) is 7.23. The first kappa shape index (κ1) is 9.90. The van der Waals surface area contributed by atoms with E-state index < -0.39 is 0 Å². The fraction of sp³-hybridized carbons (Fsp3) is 1.00. The van der Waals surface area contributed by atoms with Crippen molar-refractivity contribution in [3.05, 3.63) is 0 Å². The van der Waals surface area contributed by atoms with Crippen LogP contribution in [0, 0.1) is 29.6 Å². The van der Waals surface area contributed by atoms with E-state index in [-0.39, 0.29) is 5.54 Å². The van der Waals surface area contributed by atoms with Gasteiger partial charge in [0.05, 0.1) is 0 Å². The summed E-state index contributed by atoms with van der Waals surface area (Å²) in [6.07, 6.45) is 9.73. The Kier molecular flexibility index (Phi) is 1.87. The summed E-state index contributed by atoms with van der Waals surface area (Å²) in [5.74, 6) is 4.12. The lowest BCUT2D eigenvalue weighted by molar-refractivity contribution is 0.107. The van der Waals surface area contributed by atoms with Gasteiger partial charge >= 0.3 is 0 Å². The van der Waals surface area contributed by atoms with E-state index in [1.807, 2.05) is 0 Å². The number of fused-ring (bicyclic) bond motifs is 4. The average molecular weight is 220 g/mol. The molecule has 4 saturated carbocycles. The summed E-state index contributed by atoms with van der Waals surface area (Å²) in [7, 11) is 0. The van der Waals surface area contributed by atoms with Crippen LogP contribution < -0.4 is 11.5 Å². The molecule has 7 unspecified atom stereocenters. The molecule has 4 bridgehead atoms. The molecule has 2 nitrogen and oxygen atoms in total. The highest BCUT2D eigenvalue weighted by atomic mass is 14.9. The van der Waals surface area contributed by atoms with E-state index in [9.17, 15) is 0 Å². The SMILES string of the molecule is NC1C2CCC(C2)C1C1(N)CC2CCC1C2. The second-order valence-electron chi connectivity index (χ2n) is 7.13. The van der Waals surface area contributed by atoms with Crippen molar-refractivity contribution in [2.75, 3.05) is 0 Å². The average Bonchev–Trinajstić information content (AvgIpc) is 2.92. The Morgan fingerprint density at radius 2 is 1.75 bits per heavy atom. The summed E-state index contributed by atoms with van der Waals surface area (Å²) in [6, 6.07) is 0.433. The van der Waals surface area contributed by atoms with Crippen molar-refractivity contribution in [1.29, 1.82) is 0 Å². The smallest absolute Gasteiger partial charge is 0.0231 e. The minimum absolute atomic E-state index is 0.141. The van der Waals surface area contributed by atoms with Crippen LogP contribution in [0.1, 0.15) is 44.9 Å². The first-order chi connectivity index (χ1) is 7.68. The lowest BCUT2D eigenvalue weighted by Crippen LogP contribution is -2.59. The monoisotopic (exact) mass is 220 g/mol. The minimum atomic E-state index is 0.141. The molecule has 0 amide bonds. The van der Waals surface area contributed by atoms with Gasteiger partial charge in [-0.25, -0.2) is 0 Å². The van der Waals surface area contributed by atoms with Gasteiger partial charge in [0.2, 0.25) is 0 Å². The van der Waals surface area contributed by atoms with Crippen molar-refractivity contribution in [1.82, 2.24) is 0 Å². The third-order valence-electron chi connectivity index (χ3n) is 6.54. The van der Waals surface area contributed by atoms with Gasteiger partial charge in [-0.1, -0.05) is 6.42 Å². The Balaban J connectivity index is 1.66. The summed E-state index contributed by atoms with van der Waals surface area (Å²) in [4.78, 5) is 0. The van der Waals surface area contributed by atoms with E-state index in [1.165, 1.54) is 44.9 Å². The predicted molar refractivity (Wildman–Crippen MR) is 64.7 cm³/mol. The van der Waals surface area contributed by atoms with Crippen LogP contribution in [0.2, 0.25) is 0 Å². The highest BCUT2D eigenvalue weighted by Crippen LogP contribution is 2.60. The van der Waals surface area contributed by atoms with Crippen LogP contribution in [0.3, 0.4) is 0 Å². The Bertz CT molecular complexity index is 314. The summed E-state index contributed by atoms with van der Waals surface area (Å²) in [5, 5.41) is 0. The Morgan fingerprint density at radius 3 is 2.31 bits per heavy atom. The van der Waals surface area contributed by atoms with E-state index >= 15 is 0 Å². The summed E-state index contributed by atoms with van der Waals surface area (Å²) in [5.41, 5.74) is 13.5. The number of hydrogen-bond donors (Lipinski definition) is 2. The molecule has 4 rings (SSSR count). The molecule has 4 aliphatic carbocycles. The van der Waals surface area contributed by atoms with Crippen molar-refractivity contribution in [2.24, 2.45) is 41.1 Å². The van der Waals surface area contributed by atoms with Crippen molar-refractivity contribution in [2.45, 2.75) is 56.5 Å². The first-order valence-corrected chi connectivity index (χ1v) is 7.23. The molecule has 4 N–H and O–H groups in total. The third-order valence-corrected chi connectivity index (χ3v) is 6.54. The quantitative estimate of drug-likeness (QED) is 0.709. The number of nitrogens with two attached hydrogens (primary N) is 2. The van der Waals surface area contributed by atoms with Crippen LogP contribution in [0.25, 0.3) is 0 Å². The molecule has 2 heteroatoms. The Hall–Kier alpha value is -0.0800. The molecule has 0 aromatic heterocycles. The van der Waals surface area contributed by atoms with Gasteiger partial charge in [-0.2, -0.15) is 0 Å². The molecular formula is C14H24N2. The van der Waals surface area contributed by atoms with Gasteiger partial charge in [-0.15, -0.1) is 0 Å². The fourth-order valence-electron chi connectivity index (χ4n) is 5.96. The minimum Gasteiger partial charge on any atom is -0.327 e. The second-order valence-corrected chi connectivity index (χ2v) is 7.13. The second kappa shape index (κ2) is 3.02. The number of hydrogen-bond acceptors (Lipinski definition) is 2. The zero-order valence-corrected chi connectivity index (χ0v) is 10.1. The molecule has 16 heavy (non-hydrogen) atoms. The molecule has 7 atom stereocenters. The van der Waals surface area contributed by atoms with Crippen LogP contribution in [0.4, 0.5) is 0 Å². The van der Waals surface area contributed by atoms with Gasteiger partial charge in [0, 0.05) is 11.6 Å². The van der Waals surface area contributed by atoms with E-state index in [2.05, 4.69) is 0 Å². The van der Waals surface area contributed by atoms with Crippen LogP contribution in [-0.4, -0.2) is 11.6 Å². The van der Waals surface area contributed by atoms with Crippen LogP contribution in [0.15, 0.2) is 0 Å². The lowest BCUT2D eigenvalue weighted by Gasteiger charge is -2.46. The highest BCUT2D eigenvalue weighted by Gasteiger charge is 2.60. The molecule has 0 spiro atoms. The Morgan fingerprint density at radius 1 is 0.938 bits per heavy atom. The van der Waals surface area contributed by atoms with Crippen molar-refractivity contribution >= 4 is 0 Å². The predicted octanol–water partition coefficient (Wildman–Crippen LogP) is 1.88. The summed E-state index contributed by atoms with van der Waals surface area (Å²) in [6.45, 7) is 0. The van der Waals surface area contributed by atoms with Gasteiger partial charge in [0.1, 0.15) is 0 Å². The highest BCUT2D eigenvalue weighted by molar-refractivity contribution is 5.15. The molecular weight excluding hydrogens is 196 g/mol. The lowest BCUT2D eigenvalue weighted by atomic mass is 9.65. The van der Waals surface area contributed by atoms with Crippen LogP contribution in [-0.2, 0) is 0 Å². The van der Waals surface area contributed by atoms with Crippen molar-refractivity contribution in [3.63, 3.8) is 0 Å². The molecule has 0 radical (unpaired) electrons.